The topological polar surface area (TPSA) is 65.1 Å². The Morgan fingerprint density at radius 1 is 1.05 bits per heavy atom. The van der Waals surface area contributed by atoms with E-state index in [4.69, 9.17) is 13.8 Å². The van der Waals surface area contributed by atoms with Gasteiger partial charge >= 0.3 is 7.60 Å². The van der Waals surface area contributed by atoms with Crippen molar-refractivity contribution in [1.82, 2.24) is 0 Å². The van der Waals surface area contributed by atoms with Gasteiger partial charge in [-0.3, -0.25) is 13.8 Å². The number of rotatable bonds is 7. The van der Waals surface area contributed by atoms with Crippen LogP contribution in [0.25, 0.3) is 0 Å². The molecule has 1 aromatic carbocycles. The van der Waals surface area contributed by atoms with Gasteiger partial charge < -0.3 is 9.64 Å². The summed E-state index contributed by atoms with van der Waals surface area (Å²) in [6.07, 6.45) is 8.00. The molecule has 0 spiro atoms. The van der Waals surface area contributed by atoms with Gasteiger partial charge in [0.2, 0.25) is 0 Å². The Labute approximate surface area is 240 Å². The van der Waals surface area contributed by atoms with Crippen LogP contribution in [-0.2, 0) is 23.1 Å². The average Bonchev–Trinajstić information content (AvgIpc) is 3.23. The monoisotopic (exact) mass is 565 g/mol. The Balaban J connectivity index is 1.64. The van der Waals surface area contributed by atoms with Crippen molar-refractivity contribution in [3.05, 3.63) is 52.6 Å². The van der Waals surface area contributed by atoms with Gasteiger partial charge in [-0.1, -0.05) is 30.6 Å². The molecule has 216 valence electrons. The minimum Gasteiger partial charge on any atom is -0.378 e. The molecule has 0 heterocycles. The summed E-state index contributed by atoms with van der Waals surface area (Å²) >= 11 is 0. The first-order valence-electron chi connectivity index (χ1n) is 14.8. The van der Waals surface area contributed by atoms with E-state index in [2.05, 4.69) is 61.8 Å². The maximum atomic E-state index is 13.4. The molecular weight excluding hydrogens is 521 g/mol. The lowest BCUT2D eigenvalue weighted by Gasteiger charge is -2.54. The van der Waals surface area contributed by atoms with Crippen molar-refractivity contribution in [2.24, 2.45) is 17.3 Å². The highest BCUT2D eigenvalue weighted by molar-refractivity contribution is 7.59. The second-order valence-corrected chi connectivity index (χ2v) is 13.9. The van der Waals surface area contributed by atoms with Crippen molar-refractivity contribution in [1.29, 1.82) is 0 Å². The molecule has 0 saturated heterocycles. The first-order chi connectivity index (χ1) is 19.1. The van der Waals surface area contributed by atoms with E-state index in [9.17, 15) is 9.36 Å². The number of benzene rings is 1. The van der Waals surface area contributed by atoms with Gasteiger partial charge in [0.15, 0.2) is 5.78 Å². The van der Waals surface area contributed by atoms with Crippen LogP contribution in [0.1, 0.15) is 77.2 Å². The highest BCUT2D eigenvalue weighted by Gasteiger charge is 2.63. The van der Waals surface area contributed by atoms with Crippen LogP contribution < -0.4 is 4.90 Å². The lowest BCUT2D eigenvalue weighted by atomic mass is 9.51. The van der Waals surface area contributed by atoms with E-state index in [-0.39, 0.29) is 30.3 Å². The summed E-state index contributed by atoms with van der Waals surface area (Å²) in [4.78, 5) is 14.5. The van der Waals surface area contributed by atoms with E-state index in [0.717, 1.165) is 38.5 Å². The van der Waals surface area contributed by atoms with Gasteiger partial charge in [-0.2, -0.15) is 0 Å². The maximum Gasteiger partial charge on any atom is 0.405 e. The zero-order valence-corrected chi connectivity index (χ0v) is 25.8. The van der Waals surface area contributed by atoms with E-state index in [1.165, 1.54) is 22.4 Å². The molecule has 4 aliphatic rings. The lowest BCUT2D eigenvalue weighted by molar-refractivity contribution is -0.114. The van der Waals surface area contributed by atoms with E-state index >= 15 is 0 Å². The molecule has 40 heavy (non-hydrogen) atoms. The van der Waals surface area contributed by atoms with Crippen LogP contribution in [0.5, 0.6) is 0 Å². The molecule has 5 rings (SSSR count). The number of hydrogen-bond acceptors (Lipinski definition) is 6. The second kappa shape index (κ2) is 11.3. The van der Waals surface area contributed by atoms with E-state index < -0.39 is 13.2 Å². The quantitative estimate of drug-likeness (QED) is 0.256. The summed E-state index contributed by atoms with van der Waals surface area (Å²) < 4.78 is 30.8. The standard InChI is InChI=1S/C33H44NO5P/c1-7-38-40(36,39-8-2)20-19-33(37-6)18-17-30-28-15-11-24-21-26(35)14-16-27(24)31(28)29(22-32(30,33)3)23-9-12-25(13-10-23)34(4)5/h9-10,12-13,21,28-30H,7-8,11,14-18,22H2,1-6H3/t28-,29+,30-,32-,33+/m0/s1. The third kappa shape index (κ3) is 4.94. The maximum absolute atomic E-state index is 13.4. The molecule has 0 unspecified atom stereocenters. The van der Waals surface area contributed by atoms with Crippen molar-refractivity contribution in [3.63, 3.8) is 0 Å². The number of fused-ring (bicyclic) bond motifs is 4. The highest BCUT2D eigenvalue weighted by atomic mass is 31.2. The molecule has 0 aliphatic heterocycles. The predicted octanol–water partition coefficient (Wildman–Crippen LogP) is 7.26. The van der Waals surface area contributed by atoms with Crippen LogP contribution >= 0.6 is 7.60 Å². The van der Waals surface area contributed by atoms with Gasteiger partial charge in [-0.05, 0) is 99.1 Å². The Morgan fingerprint density at radius 2 is 1.75 bits per heavy atom. The Bertz CT molecular complexity index is 1310. The minimum absolute atomic E-state index is 0.203. The second-order valence-electron chi connectivity index (χ2n) is 12.1. The average molecular weight is 566 g/mol. The van der Waals surface area contributed by atoms with Gasteiger partial charge in [-0.15, -0.1) is 0 Å². The van der Waals surface area contributed by atoms with Gasteiger partial charge in [0.25, 0.3) is 0 Å². The van der Waals surface area contributed by atoms with Crippen molar-refractivity contribution < 1.29 is 23.1 Å². The third-order valence-corrected chi connectivity index (χ3v) is 11.6. The minimum atomic E-state index is -3.54. The molecule has 0 aromatic heterocycles. The summed E-state index contributed by atoms with van der Waals surface area (Å²) in [5.41, 5.74) is 8.64. The van der Waals surface area contributed by atoms with E-state index in [0.29, 0.717) is 18.3 Å². The van der Waals surface area contributed by atoms with Crippen LogP contribution in [0.2, 0.25) is 0 Å². The fourth-order valence-corrected chi connectivity index (χ4v) is 9.35. The molecule has 0 bridgehead atoms. The molecule has 7 heteroatoms. The van der Waals surface area contributed by atoms with Crippen molar-refractivity contribution in [3.8, 4) is 11.6 Å². The normalized spacial score (nSPS) is 31.5. The first kappa shape index (κ1) is 29.3. The number of ketones is 1. The summed E-state index contributed by atoms with van der Waals surface area (Å²) in [7, 11) is 2.33. The first-order valence-corrected chi connectivity index (χ1v) is 16.4. The van der Waals surface area contributed by atoms with E-state index in [1.54, 1.807) is 26.5 Å². The number of nitrogens with zero attached hydrogens (tertiary/aromatic N) is 1. The van der Waals surface area contributed by atoms with Gasteiger partial charge in [0.05, 0.1) is 13.2 Å². The number of methoxy groups -OCH3 is 1. The molecular formula is C33H44NO5P. The number of carbonyl (C=O) groups is 1. The zero-order chi connectivity index (χ0) is 28.7. The third-order valence-electron chi connectivity index (χ3n) is 10.0. The highest BCUT2D eigenvalue weighted by Crippen LogP contribution is 2.67. The molecule has 6 nitrogen and oxygen atoms in total. The van der Waals surface area contributed by atoms with E-state index in [1.807, 2.05) is 6.08 Å². The fraction of sp³-hybridized carbons (Fsp3) is 0.606. The Kier molecular flexibility index (Phi) is 8.25. The molecule has 1 aromatic rings. The molecule has 2 fully saturated rings. The zero-order valence-electron chi connectivity index (χ0n) is 24.9. The number of anilines is 1. The smallest absolute Gasteiger partial charge is 0.378 e. The van der Waals surface area contributed by atoms with Crippen LogP contribution in [0.4, 0.5) is 5.69 Å². The van der Waals surface area contributed by atoms with Crippen LogP contribution in [-0.4, -0.2) is 45.8 Å². The summed E-state index contributed by atoms with van der Waals surface area (Å²) in [5.74, 6) is 4.64. The summed E-state index contributed by atoms with van der Waals surface area (Å²) in [5, 5.41) is 0. The van der Waals surface area contributed by atoms with Gasteiger partial charge in [-0.25, -0.2) is 4.57 Å². The summed E-state index contributed by atoms with van der Waals surface area (Å²) in [6.45, 7) is 6.49. The molecule has 0 radical (unpaired) electrons. The molecule has 2 saturated carbocycles. The largest absolute Gasteiger partial charge is 0.405 e. The predicted molar refractivity (Wildman–Crippen MR) is 159 cm³/mol. The lowest BCUT2D eigenvalue weighted by Crippen LogP contribution is -2.52. The molecule has 4 aliphatic carbocycles. The van der Waals surface area contributed by atoms with Crippen molar-refractivity contribution in [2.75, 3.05) is 39.3 Å². The van der Waals surface area contributed by atoms with Crippen LogP contribution in [0.3, 0.4) is 0 Å². The number of ether oxygens (including phenoxy) is 1. The molecule has 5 atom stereocenters. The Morgan fingerprint density at radius 3 is 2.38 bits per heavy atom. The molecule has 0 N–H and O–H groups in total. The SMILES string of the molecule is CCOP(=O)(C#C[C@]1(OC)CC[C@H]2[C@@H]3CCC4=CC(=O)CCC4=C3[C@@H](c3ccc(N(C)C)cc3)C[C@@]21C)OCC. The number of carbonyl (C=O) groups excluding carboxylic acids is 1. The fourth-order valence-electron chi connectivity index (χ4n) is 8.14. The number of allylic oxidation sites excluding steroid dienone is 4. The van der Waals surface area contributed by atoms with Crippen molar-refractivity contribution >= 4 is 19.1 Å². The Hall–Kier alpha value is -2.16. The van der Waals surface area contributed by atoms with Crippen molar-refractivity contribution in [2.45, 2.75) is 77.2 Å². The summed E-state index contributed by atoms with van der Waals surface area (Å²) in [6, 6.07) is 8.94. The van der Waals surface area contributed by atoms with Crippen LogP contribution in [0, 0.1) is 28.8 Å². The van der Waals surface area contributed by atoms with Gasteiger partial charge in [0.1, 0.15) is 5.60 Å². The molecule has 0 amide bonds. The van der Waals surface area contributed by atoms with Gasteiger partial charge in [0, 0.05) is 50.3 Å². The number of hydrogen-bond donors (Lipinski definition) is 0. The van der Waals surface area contributed by atoms with Crippen LogP contribution in [0.15, 0.2) is 47.1 Å².